The summed E-state index contributed by atoms with van der Waals surface area (Å²) in [5, 5.41) is 3.28. The zero-order valence-electron chi connectivity index (χ0n) is 12.7. The van der Waals surface area contributed by atoms with Gasteiger partial charge in [0.05, 0.1) is 4.90 Å². The highest BCUT2D eigenvalue weighted by Gasteiger charge is 2.23. The summed E-state index contributed by atoms with van der Waals surface area (Å²) in [6, 6.07) is 5.24. The van der Waals surface area contributed by atoms with E-state index >= 15 is 0 Å². The molecule has 0 unspecified atom stereocenters. The van der Waals surface area contributed by atoms with Gasteiger partial charge in [-0.1, -0.05) is 13.0 Å². The minimum absolute atomic E-state index is 0.101. The Labute approximate surface area is 126 Å². The highest BCUT2D eigenvalue weighted by molar-refractivity contribution is 7.90. The van der Waals surface area contributed by atoms with Crippen LogP contribution in [0.15, 0.2) is 23.1 Å². The Balaban J connectivity index is 2.34. The zero-order chi connectivity index (χ0) is 15.6. The molecule has 1 aliphatic heterocycles. The predicted octanol–water partition coefficient (Wildman–Crippen LogP) is 1.09. The quantitative estimate of drug-likeness (QED) is 0.907. The molecule has 0 bridgehead atoms. The summed E-state index contributed by atoms with van der Waals surface area (Å²) in [7, 11) is -3.33. The second kappa shape index (κ2) is 6.15. The first-order valence-corrected chi connectivity index (χ1v) is 9.07. The average Bonchev–Trinajstić information content (AvgIpc) is 2.45. The lowest BCUT2D eigenvalue weighted by Crippen LogP contribution is -2.51. The molecule has 2 rings (SSSR count). The summed E-state index contributed by atoms with van der Waals surface area (Å²) in [6.45, 7) is 5.99. The minimum atomic E-state index is -3.33. The topological polar surface area (TPSA) is 66.5 Å². The summed E-state index contributed by atoms with van der Waals surface area (Å²) in [5.41, 5.74) is 1.20. The number of benzene rings is 1. The minimum Gasteiger partial charge on any atom is -0.336 e. The van der Waals surface area contributed by atoms with Gasteiger partial charge in [-0.2, -0.15) is 0 Å². The highest BCUT2D eigenvalue weighted by Crippen LogP contribution is 2.20. The lowest BCUT2D eigenvalue weighted by Gasteiger charge is -2.32. The second-order valence-corrected chi connectivity index (χ2v) is 7.54. The molecule has 116 valence electrons. The highest BCUT2D eigenvalue weighted by atomic mass is 32.2. The van der Waals surface area contributed by atoms with Crippen molar-refractivity contribution >= 4 is 15.7 Å². The number of piperazine rings is 1. The molecule has 6 heteroatoms. The maximum absolute atomic E-state index is 12.5. The van der Waals surface area contributed by atoms with E-state index in [-0.39, 0.29) is 16.8 Å². The molecule has 0 aromatic heterocycles. The van der Waals surface area contributed by atoms with E-state index in [9.17, 15) is 13.2 Å². The van der Waals surface area contributed by atoms with Crippen LogP contribution in [0.2, 0.25) is 0 Å². The molecule has 1 aromatic carbocycles. The first-order chi connectivity index (χ1) is 9.82. The van der Waals surface area contributed by atoms with Gasteiger partial charge in [0.2, 0.25) is 0 Å². The molecule has 1 atom stereocenters. The fourth-order valence-corrected chi connectivity index (χ4v) is 3.65. The van der Waals surface area contributed by atoms with Crippen LogP contribution in [0.3, 0.4) is 0 Å². The Kier molecular flexibility index (Phi) is 4.68. The Morgan fingerprint density at radius 3 is 2.71 bits per heavy atom. The third-order valence-corrected chi connectivity index (χ3v) is 4.93. The maximum Gasteiger partial charge on any atom is 0.253 e. The molecule has 1 saturated heterocycles. The Morgan fingerprint density at radius 1 is 1.43 bits per heavy atom. The van der Waals surface area contributed by atoms with Crippen molar-refractivity contribution in [1.82, 2.24) is 10.2 Å². The van der Waals surface area contributed by atoms with E-state index < -0.39 is 9.84 Å². The molecule has 1 aliphatic rings. The van der Waals surface area contributed by atoms with Crippen molar-refractivity contribution in [2.75, 3.05) is 25.9 Å². The van der Waals surface area contributed by atoms with Gasteiger partial charge in [-0.05, 0) is 31.0 Å². The number of aryl methyl sites for hydroxylation is 1. The van der Waals surface area contributed by atoms with Crippen LogP contribution in [0.4, 0.5) is 0 Å². The van der Waals surface area contributed by atoms with E-state index in [0.717, 1.165) is 12.1 Å². The largest absolute Gasteiger partial charge is 0.336 e. The Hall–Kier alpha value is -1.40. The van der Waals surface area contributed by atoms with Gasteiger partial charge in [0.1, 0.15) is 0 Å². The number of hydrogen-bond acceptors (Lipinski definition) is 4. The number of amides is 1. The molecule has 1 heterocycles. The van der Waals surface area contributed by atoms with E-state index in [2.05, 4.69) is 5.32 Å². The van der Waals surface area contributed by atoms with Crippen molar-refractivity contribution in [3.8, 4) is 0 Å². The van der Waals surface area contributed by atoms with E-state index in [1.54, 1.807) is 17.0 Å². The van der Waals surface area contributed by atoms with E-state index in [0.29, 0.717) is 25.1 Å². The monoisotopic (exact) mass is 310 g/mol. The van der Waals surface area contributed by atoms with Crippen LogP contribution in [0.1, 0.15) is 29.8 Å². The van der Waals surface area contributed by atoms with E-state index in [1.807, 2.05) is 13.8 Å². The van der Waals surface area contributed by atoms with Crippen LogP contribution in [0.5, 0.6) is 0 Å². The van der Waals surface area contributed by atoms with Crippen LogP contribution in [-0.2, 0) is 16.3 Å². The standard InChI is InChI=1S/C15H22N2O3S/c1-4-12-5-6-13(9-14(12)21(3,19)20)15(18)17-8-7-16-11(2)10-17/h5-6,9,11,16H,4,7-8,10H2,1-3H3/t11-/m1/s1. The van der Waals surface area contributed by atoms with Crippen LogP contribution in [0, 0.1) is 0 Å². The van der Waals surface area contributed by atoms with Gasteiger partial charge in [0.25, 0.3) is 5.91 Å². The lowest BCUT2D eigenvalue weighted by atomic mass is 10.1. The predicted molar refractivity (Wildman–Crippen MR) is 82.3 cm³/mol. The summed E-state index contributed by atoms with van der Waals surface area (Å²) in [5.74, 6) is -0.101. The molecule has 0 spiro atoms. The van der Waals surface area contributed by atoms with Crippen molar-refractivity contribution in [1.29, 1.82) is 0 Å². The molecule has 0 aliphatic carbocycles. The van der Waals surface area contributed by atoms with Gasteiger partial charge in [0.15, 0.2) is 9.84 Å². The third-order valence-electron chi connectivity index (χ3n) is 3.75. The first kappa shape index (κ1) is 16.0. The van der Waals surface area contributed by atoms with Gasteiger partial charge >= 0.3 is 0 Å². The summed E-state index contributed by atoms with van der Waals surface area (Å²) in [4.78, 5) is 14.6. The number of nitrogens with zero attached hydrogens (tertiary/aromatic N) is 1. The van der Waals surface area contributed by atoms with Crippen molar-refractivity contribution in [3.05, 3.63) is 29.3 Å². The van der Waals surface area contributed by atoms with Gasteiger partial charge in [-0.3, -0.25) is 4.79 Å². The smallest absolute Gasteiger partial charge is 0.253 e. The van der Waals surface area contributed by atoms with Crippen LogP contribution in [-0.4, -0.2) is 51.2 Å². The fourth-order valence-electron chi connectivity index (χ4n) is 2.62. The van der Waals surface area contributed by atoms with Crippen LogP contribution < -0.4 is 5.32 Å². The molecule has 21 heavy (non-hydrogen) atoms. The molecule has 0 radical (unpaired) electrons. The van der Waals surface area contributed by atoms with Crippen LogP contribution >= 0.6 is 0 Å². The maximum atomic E-state index is 12.5. The number of rotatable bonds is 3. The first-order valence-electron chi connectivity index (χ1n) is 7.18. The van der Waals surface area contributed by atoms with Gasteiger partial charge in [-0.25, -0.2) is 8.42 Å². The number of carbonyl (C=O) groups excluding carboxylic acids is 1. The van der Waals surface area contributed by atoms with Crippen molar-refractivity contribution in [2.24, 2.45) is 0 Å². The molecule has 0 saturated carbocycles. The fraction of sp³-hybridized carbons (Fsp3) is 0.533. The molecule has 1 N–H and O–H groups in total. The molecule has 5 nitrogen and oxygen atoms in total. The normalized spacial score (nSPS) is 19.6. The summed E-state index contributed by atoms with van der Waals surface area (Å²) in [6.07, 6.45) is 1.81. The SMILES string of the molecule is CCc1ccc(C(=O)N2CCN[C@H](C)C2)cc1S(C)(=O)=O. The van der Waals surface area contributed by atoms with E-state index in [4.69, 9.17) is 0 Å². The number of carbonyl (C=O) groups is 1. The lowest BCUT2D eigenvalue weighted by molar-refractivity contribution is 0.0709. The third kappa shape index (κ3) is 3.63. The molecular formula is C15H22N2O3S. The second-order valence-electron chi connectivity index (χ2n) is 5.55. The zero-order valence-corrected chi connectivity index (χ0v) is 13.5. The van der Waals surface area contributed by atoms with Crippen molar-refractivity contribution < 1.29 is 13.2 Å². The van der Waals surface area contributed by atoms with E-state index in [1.165, 1.54) is 12.3 Å². The van der Waals surface area contributed by atoms with Gasteiger partial charge in [-0.15, -0.1) is 0 Å². The number of hydrogen-bond donors (Lipinski definition) is 1. The summed E-state index contributed by atoms with van der Waals surface area (Å²) >= 11 is 0. The van der Waals surface area contributed by atoms with Gasteiger partial charge in [0, 0.05) is 37.5 Å². The molecule has 1 fully saturated rings. The molecule has 1 amide bonds. The average molecular weight is 310 g/mol. The van der Waals surface area contributed by atoms with Crippen LogP contribution in [0.25, 0.3) is 0 Å². The number of sulfone groups is 1. The summed E-state index contributed by atoms with van der Waals surface area (Å²) < 4.78 is 23.8. The number of nitrogens with one attached hydrogen (secondary N) is 1. The Bertz CT molecular complexity index is 640. The Morgan fingerprint density at radius 2 is 2.14 bits per heavy atom. The van der Waals surface area contributed by atoms with Crippen molar-refractivity contribution in [3.63, 3.8) is 0 Å². The van der Waals surface area contributed by atoms with Gasteiger partial charge < -0.3 is 10.2 Å². The molecule has 1 aromatic rings. The van der Waals surface area contributed by atoms with Crippen molar-refractivity contribution in [2.45, 2.75) is 31.2 Å². The molecular weight excluding hydrogens is 288 g/mol.